The Morgan fingerprint density at radius 3 is 1.44 bits per heavy atom. The highest BCUT2D eigenvalue weighted by Crippen LogP contribution is 2.53. The second kappa shape index (κ2) is 13.3. The van der Waals surface area contributed by atoms with Crippen molar-refractivity contribution in [2.24, 2.45) is 0 Å². The van der Waals surface area contributed by atoms with Crippen molar-refractivity contribution in [3.63, 3.8) is 0 Å². The van der Waals surface area contributed by atoms with E-state index in [9.17, 15) is 0 Å². The fraction of sp³-hybridized carbons (Fsp3) is 0. The third-order valence-corrected chi connectivity index (χ3v) is 14.1. The Morgan fingerprint density at radius 2 is 0.803 bits per heavy atom. The minimum absolute atomic E-state index is 0.958. The Kier molecular flexibility index (Phi) is 7.16. The minimum atomic E-state index is 0.958. The Morgan fingerprint density at radius 1 is 0.318 bits per heavy atom. The molecule has 0 atom stereocenters. The normalized spacial score (nSPS) is 12.2. The van der Waals surface area contributed by atoms with E-state index >= 15 is 0 Å². The van der Waals surface area contributed by atoms with Gasteiger partial charge in [0, 0.05) is 71.2 Å². The van der Waals surface area contributed by atoms with Gasteiger partial charge in [0.1, 0.15) is 5.65 Å². The summed E-state index contributed by atoms with van der Waals surface area (Å²) in [5.74, 6) is 0. The van der Waals surface area contributed by atoms with Crippen LogP contribution in [0.3, 0.4) is 0 Å². The van der Waals surface area contributed by atoms with E-state index in [1.165, 1.54) is 75.7 Å². The molecule has 0 fully saturated rings. The zero-order chi connectivity index (χ0) is 43.0. The van der Waals surface area contributed by atoms with E-state index in [2.05, 4.69) is 243 Å². The average Bonchev–Trinajstić information content (AvgIpc) is 4.11. The van der Waals surface area contributed by atoms with E-state index in [0.717, 1.165) is 56.3 Å². The van der Waals surface area contributed by atoms with Crippen LogP contribution in [0.2, 0.25) is 0 Å². The molecular formula is C61H37N5. The molecule has 0 spiro atoms. The number of fused-ring (bicyclic) bond motifs is 16. The van der Waals surface area contributed by atoms with Gasteiger partial charge in [0.2, 0.25) is 0 Å². The molecule has 0 aliphatic carbocycles. The summed E-state index contributed by atoms with van der Waals surface area (Å²) in [6.45, 7) is 0. The molecule has 0 radical (unpaired) electrons. The Balaban J connectivity index is 1.15. The van der Waals surface area contributed by atoms with Crippen LogP contribution < -0.4 is 9.80 Å². The molecule has 0 unspecified atom stereocenters. The number of benzene rings is 10. The summed E-state index contributed by atoms with van der Waals surface area (Å²) in [5, 5.41) is 14.6. The lowest BCUT2D eigenvalue weighted by Crippen LogP contribution is -2.11. The molecule has 0 N–H and O–H groups in total. The first-order chi connectivity index (χ1) is 32.8. The van der Waals surface area contributed by atoms with Crippen molar-refractivity contribution >= 4 is 132 Å². The molecule has 0 aliphatic rings. The number of aromatic nitrogens is 3. The van der Waals surface area contributed by atoms with Crippen LogP contribution in [0, 0.1) is 0 Å². The first-order valence-electron chi connectivity index (χ1n) is 22.6. The predicted molar refractivity (Wildman–Crippen MR) is 278 cm³/mol. The largest absolute Gasteiger partial charge is 0.308 e. The van der Waals surface area contributed by atoms with Gasteiger partial charge in [0.25, 0.3) is 0 Å². The van der Waals surface area contributed by atoms with Gasteiger partial charge >= 0.3 is 0 Å². The van der Waals surface area contributed by atoms with Crippen molar-refractivity contribution in [3.05, 3.63) is 225 Å². The number of pyridine rings is 1. The van der Waals surface area contributed by atoms with Crippen molar-refractivity contribution in [1.82, 2.24) is 13.8 Å². The van der Waals surface area contributed by atoms with Crippen LogP contribution in [-0.2, 0) is 0 Å². The summed E-state index contributed by atoms with van der Waals surface area (Å²) in [5.41, 5.74) is 13.4. The summed E-state index contributed by atoms with van der Waals surface area (Å²) < 4.78 is 5.01. The van der Waals surface area contributed by atoms with Crippen LogP contribution in [0.1, 0.15) is 0 Å². The lowest BCUT2D eigenvalue weighted by Gasteiger charge is -2.28. The summed E-state index contributed by atoms with van der Waals surface area (Å²) in [6.07, 6.45) is 2.15. The van der Waals surface area contributed by atoms with Crippen molar-refractivity contribution in [2.75, 3.05) is 9.80 Å². The number of anilines is 6. The van der Waals surface area contributed by atoms with Crippen molar-refractivity contribution in [2.45, 2.75) is 0 Å². The Labute approximate surface area is 378 Å². The highest BCUT2D eigenvalue weighted by molar-refractivity contribution is 6.39. The van der Waals surface area contributed by atoms with Gasteiger partial charge in [-0.2, -0.15) is 0 Å². The molecule has 5 aromatic heterocycles. The van der Waals surface area contributed by atoms with Crippen molar-refractivity contribution in [1.29, 1.82) is 0 Å². The maximum absolute atomic E-state index is 5.67. The van der Waals surface area contributed by atoms with Gasteiger partial charge in [-0.3, -0.25) is 4.40 Å². The van der Waals surface area contributed by atoms with Gasteiger partial charge in [-0.05, 0) is 82.9 Å². The zero-order valence-corrected chi connectivity index (χ0v) is 35.6. The summed E-state index contributed by atoms with van der Waals surface area (Å²) in [4.78, 5) is 10.5. The van der Waals surface area contributed by atoms with Crippen LogP contribution in [0.5, 0.6) is 0 Å². The van der Waals surface area contributed by atoms with Gasteiger partial charge in [-0.25, -0.2) is 4.98 Å². The Hall–Kier alpha value is -8.93. The van der Waals surface area contributed by atoms with Crippen LogP contribution in [0.25, 0.3) is 97.9 Å². The minimum Gasteiger partial charge on any atom is -0.308 e. The van der Waals surface area contributed by atoms with E-state index in [-0.39, 0.29) is 0 Å². The monoisotopic (exact) mass is 839 g/mol. The first kappa shape index (κ1) is 35.5. The first-order valence-corrected chi connectivity index (χ1v) is 22.6. The van der Waals surface area contributed by atoms with E-state index < -0.39 is 0 Å². The molecule has 5 heteroatoms. The number of hydrogen-bond acceptors (Lipinski definition) is 3. The molecule has 10 aromatic carbocycles. The van der Waals surface area contributed by atoms with Crippen LogP contribution in [0.15, 0.2) is 225 Å². The fourth-order valence-corrected chi connectivity index (χ4v) is 11.5. The molecule has 15 rings (SSSR count). The lowest BCUT2D eigenvalue weighted by atomic mass is 9.97. The molecule has 0 amide bonds. The van der Waals surface area contributed by atoms with E-state index in [1.807, 2.05) is 0 Å². The molecule has 66 heavy (non-hydrogen) atoms. The summed E-state index contributed by atoms with van der Waals surface area (Å²) >= 11 is 0. The van der Waals surface area contributed by atoms with Gasteiger partial charge in [0.05, 0.1) is 45.2 Å². The predicted octanol–water partition coefficient (Wildman–Crippen LogP) is 16.6. The number of hydrogen-bond donors (Lipinski definition) is 0. The second-order valence-electron chi connectivity index (χ2n) is 17.5. The molecular weight excluding hydrogens is 803 g/mol. The number of rotatable bonds is 6. The highest BCUT2D eigenvalue weighted by Gasteiger charge is 2.30. The zero-order valence-electron chi connectivity index (χ0n) is 35.6. The van der Waals surface area contributed by atoms with Gasteiger partial charge in [0.15, 0.2) is 0 Å². The molecule has 306 valence electrons. The maximum Gasteiger partial charge on any atom is 0.146 e. The van der Waals surface area contributed by atoms with Gasteiger partial charge in [-0.15, -0.1) is 0 Å². The highest BCUT2D eigenvalue weighted by atomic mass is 15.2. The number of nitrogens with zero attached hydrogens (tertiary/aromatic N) is 5. The molecule has 0 saturated heterocycles. The number of para-hydroxylation sites is 6. The molecule has 0 aliphatic heterocycles. The molecule has 0 bridgehead atoms. The lowest BCUT2D eigenvalue weighted by molar-refractivity contribution is 1.24. The second-order valence-corrected chi connectivity index (χ2v) is 17.5. The van der Waals surface area contributed by atoms with Crippen LogP contribution >= 0.6 is 0 Å². The third kappa shape index (κ3) is 4.65. The summed E-state index contributed by atoms with van der Waals surface area (Å²) in [6, 6.07) is 79.3. The van der Waals surface area contributed by atoms with E-state index in [4.69, 9.17) is 4.98 Å². The fourth-order valence-electron chi connectivity index (χ4n) is 11.5. The average molecular weight is 840 g/mol. The smallest absolute Gasteiger partial charge is 0.146 e. The molecule has 15 aromatic rings. The molecule has 0 saturated carbocycles. The maximum atomic E-state index is 5.67. The van der Waals surface area contributed by atoms with E-state index in [1.54, 1.807) is 0 Å². The van der Waals surface area contributed by atoms with Crippen molar-refractivity contribution in [3.8, 4) is 0 Å². The molecule has 5 heterocycles. The van der Waals surface area contributed by atoms with Crippen LogP contribution in [-0.4, -0.2) is 13.8 Å². The molecule has 5 nitrogen and oxygen atoms in total. The third-order valence-electron chi connectivity index (χ3n) is 14.1. The van der Waals surface area contributed by atoms with Gasteiger partial charge in [-0.1, -0.05) is 152 Å². The topological polar surface area (TPSA) is 28.2 Å². The van der Waals surface area contributed by atoms with E-state index in [0.29, 0.717) is 0 Å². The Bertz CT molecular complexity index is 4310. The van der Waals surface area contributed by atoms with Crippen molar-refractivity contribution < 1.29 is 0 Å². The standard InChI is InChI=1S/C61H37N5/c1-5-21-40(22-6-1)63(41-23-7-2-8-24-41)51-34-18-32-47-46-31-17-33-48-54-52(65(56(46)48)57(47)51)37-62-61-55(54)50-35-38-19-13-15-29-44(38)53-49-36-39-20-14-16-30-45(39)59(60(49)66(61)58(50)53)64(42-25-9-3-10-26-42)43-27-11-4-12-28-43/h1-37H. The summed E-state index contributed by atoms with van der Waals surface area (Å²) in [7, 11) is 0. The SMILES string of the molecule is c1ccc(N(c2ccccc2)c2cccc3c4cccc5c6c7c8cc9ccccc9c9c%10cc%11ccccc%11c(N(c%11ccccc%11)c%11ccccc%11)c%10n(c7ncc6n(c23)c45)c89)cc1. The van der Waals surface area contributed by atoms with Crippen LogP contribution in [0.4, 0.5) is 34.1 Å². The van der Waals surface area contributed by atoms with Gasteiger partial charge < -0.3 is 14.2 Å². The quantitative estimate of drug-likeness (QED) is 0.167.